The van der Waals surface area contributed by atoms with E-state index in [-0.39, 0.29) is 24.0 Å². The van der Waals surface area contributed by atoms with Gasteiger partial charge in [-0.3, -0.25) is 4.79 Å². The second-order valence-corrected chi connectivity index (χ2v) is 6.28. The first-order valence-corrected chi connectivity index (χ1v) is 8.09. The third-order valence-corrected chi connectivity index (χ3v) is 4.40. The molecule has 1 aromatic carbocycles. The molecule has 1 heterocycles. The summed E-state index contributed by atoms with van der Waals surface area (Å²) in [6.07, 6.45) is 3.58. The zero-order valence-electron chi connectivity index (χ0n) is 13.2. The van der Waals surface area contributed by atoms with Crippen LogP contribution in [0.15, 0.2) is 12.1 Å². The minimum absolute atomic E-state index is 0.00225. The minimum Gasteiger partial charge on any atom is -0.492 e. The summed E-state index contributed by atoms with van der Waals surface area (Å²) in [6, 6.07) is 4.01. The van der Waals surface area contributed by atoms with Crippen molar-refractivity contribution in [1.82, 2.24) is 0 Å². The van der Waals surface area contributed by atoms with Crippen molar-refractivity contribution >= 4 is 11.6 Å². The van der Waals surface area contributed by atoms with Crippen molar-refractivity contribution in [2.24, 2.45) is 11.7 Å². The summed E-state index contributed by atoms with van der Waals surface area (Å²) >= 11 is 0. The van der Waals surface area contributed by atoms with E-state index in [1.165, 1.54) is 0 Å². The maximum absolute atomic E-state index is 12.4. The summed E-state index contributed by atoms with van der Waals surface area (Å²) in [5, 5.41) is 3.00. The number of nitrogens with one attached hydrogen (secondary N) is 1. The molecule has 0 bridgehead atoms. The molecule has 1 aromatic rings. The number of ether oxygens (including phenoxy) is 2. The summed E-state index contributed by atoms with van der Waals surface area (Å²) in [5.41, 5.74) is 7.73. The molecule has 2 aliphatic rings. The van der Waals surface area contributed by atoms with Crippen molar-refractivity contribution in [2.75, 3.05) is 11.9 Å². The van der Waals surface area contributed by atoms with Crippen LogP contribution in [0.4, 0.5) is 5.69 Å². The molecule has 0 saturated heterocycles. The Kier molecular flexibility index (Phi) is 4.25. The van der Waals surface area contributed by atoms with Crippen molar-refractivity contribution in [3.8, 4) is 11.5 Å². The van der Waals surface area contributed by atoms with Crippen LogP contribution >= 0.6 is 0 Å². The lowest BCUT2D eigenvalue weighted by molar-refractivity contribution is -0.119. The summed E-state index contributed by atoms with van der Waals surface area (Å²) in [5.74, 6) is 1.58. The number of rotatable bonds is 4. The highest BCUT2D eigenvalue weighted by Crippen LogP contribution is 2.38. The molecule has 1 aliphatic carbocycles. The van der Waals surface area contributed by atoms with Crippen LogP contribution in [0.5, 0.6) is 11.5 Å². The minimum atomic E-state index is -0.00225. The smallest absolute Gasteiger partial charge is 0.227 e. The molecular formula is C17H24N2O3. The first-order valence-electron chi connectivity index (χ1n) is 8.09. The van der Waals surface area contributed by atoms with E-state index in [9.17, 15) is 4.79 Å². The molecular weight excluding hydrogens is 280 g/mol. The van der Waals surface area contributed by atoms with Crippen molar-refractivity contribution in [1.29, 1.82) is 0 Å². The van der Waals surface area contributed by atoms with Crippen LogP contribution in [0.1, 0.15) is 38.7 Å². The van der Waals surface area contributed by atoms with E-state index in [1.54, 1.807) is 0 Å². The quantitative estimate of drug-likeness (QED) is 0.896. The Balaban J connectivity index is 1.80. The summed E-state index contributed by atoms with van der Waals surface area (Å²) in [7, 11) is 0. The van der Waals surface area contributed by atoms with Crippen LogP contribution in [0.3, 0.4) is 0 Å². The van der Waals surface area contributed by atoms with E-state index in [2.05, 4.69) is 5.32 Å². The SMILES string of the molecule is CCOc1cc2c(cc1NC(=O)C1CCC(N)C1)OC(C)C2. The lowest BCUT2D eigenvalue weighted by Crippen LogP contribution is -2.23. The monoisotopic (exact) mass is 304 g/mol. The molecule has 1 amide bonds. The predicted molar refractivity (Wildman–Crippen MR) is 85.4 cm³/mol. The second-order valence-electron chi connectivity index (χ2n) is 6.28. The number of anilines is 1. The topological polar surface area (TPSA) is 73.6 Å². The van der Waals surface area contributed by atoms with Gasteiger partial charge < -0.3 is 20.5 Å². The first-order chi connectivity index (χ1) is 10.6. The van der Waals surface area contributed by atoms with Crippen LogP contribution in [0.2, 0.25) is 0 Å². The van der Waals surface area contributed by atoms with E-state index < -0.39 is 0 Å². The van der Waals surface area contributed by atoms with Crippen molar-refractivity contribution in [3.63, 3.8) is 0 Å². The number of carbonyl (C=O) groups is 1. The molecule has 5 heteroatoms. The van der Waals surface area contributed by atoms with Gasteiger partial charge in [-0.05, 0) is 39.2 Å². The summed E-state index contributed by atoms with van der Waals surface area (Å²) in [6.45, 7) is 4.54. The predicted octanol–water partition coefficient (Wildman–Crippen LogP) is 2.47. The number of nitrogens with two attached hydrogens (primary N) is 1. The Bertz CT molecular complexity index is 573. The van der Waals surface area contributed by atoms with Crippen molar-refractivity contribution in [2.45, 2.75) is 51.7 Å². The highest BCUT2D eigenvalue weighted by molar-refractivity contribution is 5.94. The van der Waals surface area contributed by atoms with Gasteiger partial charge in [0.05, 0.1) is 12.3 Å². The third-order valence-electron chi connectivity index (χ3n) is 4.40. The molecule has 3 unspecified atom stereocenters. The number of hydrogen-bond donors (Lipinski definition) is 2. The Labute approximate surface area is 131 Å². The largest absolute Gasteiger partial charge is 0.492 e. The molecule has 3 atom stereocenters. The van der Waals surface area contributed by atoms with Crippen LogP contribution in [0, 0.1) is 5.92 Å². The molecule has 5 nitrogen and oxygen atoms in total. The fourth-order valence-corrected chi connectivity index (χ4v) is 3.30. The molecule has 120 valence electrons. The number of amides is 1. The van der Waals surface area contributed by atoms with Gasteiger partial charge >= 0.3 is 0 Å². The number of fused-ring (bicyclic) bond motifs is 1. The summed E-state index contributed by atoms with van der Waals surface area (Å²) < 4.78 is 11.5. The number of carbonyl (C=O) groups excluding carboxylic acids is 1. The lowest BCUT2D eigenvalue weighted by Gasteiger charge is -2.16. The molecule has 3 rings (SSSR count). The fourth-order valence-electron chi connectivity index (χ4n) is 3.30. The number of benzene rings is 1. The van der Waals surface area contributed by atoms with Crippen LogP contribution in [-0.4, -0.2) is 24.7 Å². The van der Waals surface area contributed by atoms with E-state index in [1.807, 2.05) is 26.0 Å². The molecule has 1 aliphatic heterocycles. The normalized spacial score (nSPS) is 26.4. The van der Waals surface area contributed by atoms with Gasteiger partial charge in [0.1, 0.15) is 17.6 Å². The summed E-state index contributed by atoms with van der Waals surface area (Å²) in [4.78, 5) is 12.4. The Morgan fingerprint density at radius 1 is 1.45 bits per heavy atom. The zero-order chi connectivity index (χ0) is 15.7. The molecule has 22 heavy (non-hydrogen) atoms. The number of hydrogen-bond acceptors (Lipinski definition) is 4. The van der Waals surface area contributed by atoms with E-state index in [0.29, 0.717) is 12.3 Å². The van der Waals surface area contributed by atoms with Gasteiger partial charge in [-0.25, -0.2) is 0 Å². The third kappa shape index (κ3) is 3.04. The Morgan fingerprint density at radius 2 is 2.27 bits per heavy atom. The Hall–Kier alpha value is -1.75. The molecule has 0 radical (unpaired) electrons. The lowest BCUT2D eigenvalue weighted by atomic mass is 10.1. The van der Waals surface area contributed by atoms with Gasteiger partial charge in [0.25, 0.3) is 0 Å². The molecule has 0 aromatic heterocycles. The molecule has 3 N–H and O–H groups in total. The molecule has 0 spiro atoms. The maximum atomic E-state index is 12.4. The van der Waals surface area contributed by atoms with Gasteiger partial charge in [0.15, 0.2) is 0 Å². The van der Waals surface area contributed by atoms with E-state index >= 15 is 0 Å². The van der Waals surface area contributed by atoms with Crippen LogP contribution in [-0.2, 0) is 11.2 Å². The van der Waals surface area contributed by atoms with Crippen molar-refractivity contribution in [3.05, 3.63) is 17.7 Å². The van der Waals surface area contributed by atoms with Crippen LogP contribution in [0.25, 0.3) is 0 Å². The van der Waals surface area contributed by atoms with E-state index in [0.717, 1.165) is 42.7 Å². The molecule has 1 saturated carbocycles. The second kappa shape index (κ2) is 6.16. The van der Waals surface area contributed by atoms with Gasteiger partial charge in [-0.2, -0.15) is 0 Å². The van der Waals surface area contributed by atoms with Gasteiger partial charge in [0.2, 0.25) is 5.91 Å². The van der Waals surface area contributed by atoms with E-state index in [4.69, 9.17) is 15.2 Å². The fraction of sp³-hybridized carbons (Fsp3) is 0.588. The molecule has 1 fully saturated rings. The maximum Gasteiger partial charge on any atom is 0.227 e. The standard InChI is InChI=1S/C17H24N2O3/c1-3-21-16-8-12-6-10(2)22-15(12)9-14(16)19-17(20)11-4-5-13(18)7-11/h8-11,13H,3-7,18H2,1-2H3,(H,19,20). The van der Waals surface area contributed by atoms with Gasteiger partial charge in [0, 0.05) is 30.0 Å². The van der Waals surface area contributed by atoms with Gasteiger partial charge in [-0.15, -0.1) is 0 Å². The Morgan fingerprint density at radius 3 is 2.95 bits per heavy atom. The van der Waals surface area contributed by atoms with Gasteiger partial charge in [-0.1, -0.05) is 0 Å². The highest BCUT2D eigenvalue weighted by Gasteiger charge is 2.29. The van der Waals surface area contributed by atoms with Crippen molar-refractivity contribution < 1.29 is 14.3 Å². The first kappa shape index (κ1) is 15.2. The average Bonchev–Trinajstić information content (AvgIpc) is 3.04. The highest BCUT2D eigenvalue weighted by atomic mass is 16.5. The van der Waals surface area contributed by atoms with Crippen LogP contribution < -0.4 is 20.5 Å². The zero-order valence-corrected chi connectivity index (χ0v) is 13.2. The average molecular weight is 304 g/mol.